The van der Waals surface area contributed by atoms with Crippen molar-refractivity contribution in [3.8, 4) is 0 Å². The Hall–Kier alpha value is -1.14. The topological polar surface area (TPSA) is 92.9 Å². The van der Waals surface area contributed by atoms with Crippen molar-refractivity contribution in [3.05, 3.63) is 0 Å². The lowest BCUT2D eigenvalue weighted by molar-refractivity contribution is -0.152. The van der Waals surface area contributed by atoms with E-state index in [0.29, 0.717) is 25.9 Å². The molecule has 1 aliphatic rings. The number of amides is 1. The molecule has 1 fully saturated rings. The van der Waals surface area contributed by atoms with Crippen LogP contribution in [0.1, 0.15) is 26.7 Å². The minimum atomic E-state index is -1.25. The van der Waals surface area contributed by atoms with Gasteiger partial charge in [-0.25, -0.2) is 4.79 Å². The van der Waals surface area contributed by atoms with Crippen LogP contribution < -0.4 is 5.73 Å². The van der Waals surface area contributed by atoms with Crippen molar-refractivity contribution in [1.29, 1.82) is 0 Å². The first-order valence-electron chi connectivity index (χ1n) is 5.81. The van der Waals surface area contributed by atoms with Gasteiger partial charge in [0.2, 0.25) is 0 Å². The number of rotatable bonds is 3. The van der Waals surface area contributed by atoms with Crippen molar-refractivity contribution >= 4 is 11.9 Å². The molecule has 0 aromatic rings. The highest BCUT2D eigenvalue weighted by Gasteiger charge is 2.34. The van der Waals surface area contributed by atoms with Gasteiger partial charge >= 0.3 is 5.97 Å². The summed E-state index contributed by atoms with van der Waals surface area (Å²) < 4.78 is 4.70. The molecule has 98 valence electrons. The summed E-state index contributed by atoms with van der Waals surface area (Å²) >= 11 is 0. The number of nitrogens with zero attached hydrogens (tertiary/aromatic N) is 1. The van der Waals surface area contributed by atoms with E-state index in [-0.39, 0.29) is 6.61 Å². The molecule has 0 aliphatic carbocycles. The molecule has 1 rings (SSSR count). The van der Waals surface area contributed by atoms with Crippen molar-refractivity contribution < 1.29 is 19.4 Å². The summed E-state index contributed by atoms with van der Waals surface area (Å²) in [6, 6.07) is -1.25. The molecule has 6 nitrogen and oxygen atoms in total. The Bertz CT molecular complexity index is 294. The van der Waals surface area contributed by atoms with Gasteiger partial charge in [-0.2, -0.15) is 0 Å². The van der Waals surface area contributed by atoms with E-state index in [1.165, 1.54) is 4.90 Å². The summed E-state index contributed by atoms with van der Waals surface area (Å²) in [5, 5.41) is 9.75. The monoisotopic (exact) mass is 244 g/mol. The normalized spacial score (nSPS) is 20.8. The van der Waals surface area contributed by atoms with Crippen LogP contribution in [0.2, 0.25) is 0 Å². The van der Waals surface area contributed by atoms with Gasteiger partial charge in [0, 0.05) is 13.1 Å². The van der Waals surface area contributed by atoms with Gasteiger partial charge in [0.1, 0.15) is 0 Å². The molecule has 0 saturated carbocycles. The zero-order valence-corrected chi connectivity index (χ0v) is 10.3. The maximum absolute atomic E-state index is 11.8. The molecule has 0 bridgehead atoms. The number of carbonyl (C=O) groups is 2. The van der Waals surface area contributed by atoms with Gasteiger partial charge in [-0.3, -0.25) is 4.79 Å². The lowest BCUT2D eigenvalue weighted by Gasteiger charge is -2.36. The molecule has 0 aromatic carbocycles. The average Bonchev–Trinajstić information content (AvgIpc) is 2.27. The van der Waals surface area contributed by atoms with Crippen molar-refractivity contribution in [2.75, 3.05) is 19.7 Å². The number of hydrogen-bond acceptors (Lipinski definition) is 5. The van der Waals surface area contributed by atoms with Crippen molar-refractivity contribution in [2.24, 2.45) is 5.73 Å². The molecule has 6 heteroatoms. The molecule has 1 saturated heterocycles. The Labute approximate surface area is 101 Å². The molecule has 1 heterocycles. The van der Waals surface area contributed by atoms with E-state index in [4.69, 9.17) is 10.5 Å². The maximum Gasteiger partial charge on any atom is 0.332 e. The fourth-order valence-electron chi connectivity index (χ4n) is 1.74. The summed E-state index contributed by atoms with van der Waals surface area (Å²) in [5.74, 6) is -1.13. The molecular formula is C11H20N2O4. The minimum absolute atomic E-state index is 0.203. The smallest absolute Gasteiger partial charge is 0.332 e. The van der Waals surface area contributed by atoms with Crippen molar-refractivity contribution in [3.63, 3.8) is 0 Å². The highest BCUT2D eigenvalue weighted by atomic mass is 16.5. The Morgan fingerprint density at radius 2 is 2.00 bits per heavy atom. The number of nitrogens with two attached hydrogens (primary N) is 1. The number of piperidine rings is 1. The summed E-state index contributed by atoms with van der Waals surface area (Å²) in [4.78, 5) is 24.7. The van der Waals surface area contributed by atoms with Gasteiger partial charge in [0.25, 0.3) is 5.91 Å². The van der Waals surface area contributed by atoms with Crippen molar-refractivity contribution in [1.82, 2.24) is 4.90 Å². The quantitative estimate of drug-likeness (QED) is 0.503. The summed E-state index contributed by atoms with van der Waals surface area (Å²) in [5.41, 5.74) is 4.79. The summed E-state index contributed by atoms with van der Waals surface area (Å²) in [7, 11) is 0. The van der Waals surface area contributed by atoms with E-state index in [1.807, 2.05) is 0 Å². The number of likely N-dealkylation sites (tertiary alicyclic amines) is 1. The third-order valence-electron chi connectivity index (χ3n) is 2.96. The molecule has 0 radical (unpaired) electrons. The second kappa shape index (κ2) is 5.46. The molecule has 0 spiro atoms. The van der Waals surface area contributed by atoms with E-state index < -0.39 is 23.5 Å². The third kappa shape index (κ3) is 3.67. The average molecular weight is 244 g/mol. The van der Waals surface area contributed by atoms with Gasteiger partial charge in [0.05, 0.1) is 12.2 Å². The second-order valence-electron chi connectivity index (χ2n) is 4.55. The fourth-order valence-corrected chi connectivity index (χ4v) is 1.74. The Balaban J connectivity index is 2.51. The van der Waals surface area contributed by atoms with Gasteiger partial charge in [-0.15, -0.1) is 0 Å². The SMILES string of the molecule is CCOC(=O)C(N)C(=O)N1CCC(C)(O)CC1. The Morgan fingerprint density at radius 1 is 1.47 bits per heavy atom. The first-order chi connectivity index (χ1) is 7.87. The van der Waals surface area contributed by atoms with Gasteiger partial charge in [0.15, 0.2) is 6.04 Å². The minimum Gasteiger partial charge on any atom is -0.464 e. The van der Waals surface area contributed by atoms with Gasteiger partial charge < -0.3 is 20.5 Å². The van der Waals surface area contributed by atoms with Crippen LogP contribution in [0, 0.1) is 0 Å². The van der Waals surface area contributed by atoms with Crippen molar-refractivity contribution in [2.45, 2.75) is 38.3 Å². The molecule has 1 amide bonds. The van der Waals surface area contributed by atoms with Gasteiger partial charge in [-0.1, -0.05) is 0 Å². The fraction of sp³-hybridized carbons (Fsp3) is 0.818. The summed E-state index contributed by atoms with van der Waals surface area (Å²) in [6.45, 7) is 4.43. The van der Waals surface area contributed by atoms with E-state index in [1.54, 1.807) is 13.8 Å². The highest BCUT2D eigenvalue weighted by Crippen LogP contribution is 2.21. The maximum atomic E-state index is 11.8. The first-order valence-corrected chi connectivity index (χ1v) is 5.81. The number of ether oxygens (including phenoxy) is 1. The van der Waals surface area contributed by atoms with E-state index in [9.17, 15) is 14.7 Å². The van der Waals surface area contributed by atoms with Crippen LogP contribution in [0.3, 0.4) is 0 Å². The zero-order chi connectivity index (χ0) is 13.1. The van der Waals surface area contributed by atoms with Crippen LogP contribution in [0.4, 0.5) is 0 Å². The molecule has 17 heavy (non-hydrogen) atoms. The lowest BCUT2D eigenvalue weighted by Crippen LogP contribution is -2.53. The predicted molar refractivity (Wildman–Crippen MR) is 61.0 cm³/mol. The van der Waals surface area contributed by atoms with E-state index >= 15 is 0 Å². The molecule has 3 N–H and O–H groups in total. The predicted octanol–water partition coefficient (Wildman–Crippen LogP) is -0.750. The van der Waals surface area contributed by atoms with Gasteiger partial charge in [-0.05, 0) is 26.7 Å². The highest BCUT2D eigenvalue weighted by molar-refractivity contribution is 6.01. The van der Waals surface area contributed by atoms with E-state index in [0.717, 1.165) is 0 Å². The molecule has 1 atom stereocenters. The van der Waals surface area contributed by atoms with Crippen LogP contribution >= 0.6 is 0 Å². The lowest BCUT2D eigenvalue weighted by atomic mass is 9.93. The first kappa shape index (κ1) is 13.9. The third-order valence-corrected chi connectivity index (χ3v) is 2.96. The second-order valence-corrected chi connectivity index (χ2v) is 4.55. The molecule has 0 aromatic heterocycles. The zero-order valence-electron chi connectivity index (χ0n) is 10.3. The summed E-state index contributed by atoms with van der Waals surface area (Å²) in [6.07, 6.45) is 0.989. The molecular weight excluding hydrogens is 224 g/mol. The number of aliphatic hydroxyl groups is 1. The van der Waals surface area contributed by atoms with E-state index in [2.05, 4.69) is 0 Å². The molecule has 1 unspecified atom stereocenters. The number of hydrogen-bond donors (Lipinski definition) is 2. The number of carbonyl (C=O) groups excluding carboxylic acids is 2. The standard InChI is InChI=1S/C11H20N2O4/c1-3-17-10(15)8(12)9(14)13-6-4-11(2,16)5-7-13/h8,16H,3-7,12H2,1-2H3. The Morgan fingerprint density at radius 3 is 2.47 bits per heavy atom. The van der Waals surface area contributed by atoms with Crippen LogP contribution in [0.5, 0.6) is 0 Å². The Kier molecular flexibility index (Phi) is 4.47. The number of esters is 1. The molecule has 1 aliphatic heterocycles. The van der Waals surface area contributed by atoms with Crippen LogP contribution in [0.25, 0.3) is 0 Å². The van der Waals surface area contributed by atoms with Crippen LogP contribution in [0.15, 0.2) is 0 Å². The van der Waals surface area contributed by atoms with Crippen LogP contribution in [-0.2, 0) is 14.3 Å². The largest absolute Gasteiger partial charge is 0.464 e. The van der Waals surface area contributed by atoms with Crippen LogP contribution in [-0.4, -0.2) is 53.2 Å².